The van der Waals surface area contributed by atoms with Gasteiger partial charge in [0.25, 0.3) is 5.91 Å². The minimum atomic E-state index is -3.74. The van der Waals surface area contributed by atoms with E-state index in [2.05, 4.69) is 26.6 Å². The molecule has 138 valence electrons. The van der Waals surface area contributed by atoms with Gasteiger partial charge in [-0.2, -0.15) is 0 Å². The quantitative estimate of drug-likeness (QED) is 0.631. The summed E-state index contributed by atoms with van der Waals surface area (Å²) < 4.78 is 23.3. The first-order chi connectivity index (χ1) is 12.2. The van der Waals surface area contributed by atoms with Gasteiger partial charge in [0.2, 0.25) is 15.9 Å². The van der Waals surface area contributed by atoms with E-state index < -0.39 is 16.1 Å². The van der Waals surface area contributed by atoms with Crippen molar-refractivity contribution in [2.45, 2.75) is 24.4 Å². The molecule has 2 rings (SSSR count). The smallest absolute Gasteiger partial charge is 0.251 e. The van der Waals surface area contributed by atoms with Crippen LogP contribution in [0.2, 0.25) is 0 Å². The lowest BCUT2D eigenvalue weighted by Crippen LogP contribution is -2.44. The molecular weight excluding hydrogens is 422 g/mol. The molecule has 9 heteroatoms. The molecule has 1 atom stereocenters. The third-order valence-electron chi connectivity index (χ3n) is 3.57. The summed E-state index contributed by atoms with van der Waals surface area (Å²) in [6.07, 6.45) is 0. The molecule has 0 saturated carbocycles. The Kier molecular flexibility index (Phi) is 6.52. The molecule has 1 unspecified atom stereocenters. The monoisotopic (exact) mass is 439 g/mol. The predicted octanol–water partition coefficient (Wildman–Crippen LogP) is 1.53. The maximum absolute atomic E-state index is 12.1. The number of nitrogens with two attached hydrogens (primary N) is 1. The van der Waals surface area contributed by atoms with Crippen molar-refractivity contribution < 1.29 is 18.0 Å². The number of amides is 2. The second-order valence-electron chi connectivity index (χ2n) is 5.61. The van der Waals surface area contributed by atoms with Crippen LogP contribution in [0.5, 0.6) is 0 Å². The van der Waals surface area contributed by atoms with Crippen LogP contribution in [0.4, 0.5) is 0 Å². The minimum Gasteiger partial charge on any atom is -0.350 e. The first-order valence-electron chi connectivity index (χ1n) is 7.62. The van der Waals surface area contributed by atoms with Gasteiger partial charge in [0.1, 0.15) is 6.04 Å². The van der Waals surface area contributed by atoms with Crippen LogP contribution in [0.25, 0.3) is 0 Å². The zero-order valence-electron chi connectivity index (χ0n) is 13.9. The Morgan fingerprint density at radius 3 is 2.19 bits per heavy atom. The van der Waals surface area contributed by atoms with Crippen molar-refractivity contribution >= 4 is 37.8 Å². The lowest BCUT2D eigenvalue weighted by Gasteiger charge is -2.14. The molecular formula is C17H18BrN3O4S. The summed E-state index contributed by atoms with van der Waals surface area (Å²) in [6.45, 7) is 1.78. The molecule has 2 amide bonds. The maximum atomic E-state index is 12.1. The number of halogens is 1. The van der Waals surface area contributed by atoms with E-state index >= 15 is 0 Å². The van der Waals surface area contributed by atoms with Crippen molar-refractivity contribution in [2.24, 2.45) is 5.14 Å². The van der Waals surface area contributed by atoms with Crippen molar-refractivity contribution in [2.75, 3.05) is 0 Å². The highest BCUT2D eigenvalue weighted by molar-refractivity contribution is 9.10. The topological polar surface area (TPSA) is 118 Å². The molecule has 2 aromatic rings. The van der Waals surface area contributed by atoms with Crippen LogP contribution in [0.15, 0.2) is 57.9 Å². The number of carbonyl (C=O) groups excluding carboxylic acids is 2. The first-order valence-corrected chi connectivity index (χ1v) is 9.96. The molecule has 0 aliphatic carbocycles. The highest BCUT2D eigenvalue weighted by Gasteiger charge is 2.16. The summed E-state index contributed by atoms with van der Waals surface area (Å²) in [5, 5.41) is 10.3. The van der Waals surface area contributed by atoms with Gasteiger partial charge < -0.3 is 10.6 Å². The van der Waals surface area contributed by atoms with Crippen molar-refractivity contribution in [3.05, 3.63) is 64.1 Å². The molecule has 0 spiro atoms. The number of sulfonamides is 1. The largest absolute Gasteiger partial charge is 0.350 e. The van der Waals surface area contributed by atoms with Gasteiger partial charge >= 0.3 is 0 Å². The van der Waals surface area contributed by atoms with E-state index in [4.69, 9.17) is 5.14 Å². The van der Waals surface area contributed by atoms with Crippen LogP contribution in [-0.2, 0) is 21.4 Å². The molecule has 0 aliphatic heterocycles. The average Bonchev–Trinajstić information content (AvgIpc) is 2.59. The van der Waals surface area contributed by atoms with Gasteiger partial charge in [-0.25, -0.2) is 13.6 Å². The Bertz CT molecular complexity index is 897. The molecule has 0 bridgehead atoms. The number of rotatable bonds is 6. The third-order valence-corrected chi connectivity index (χ3v) is 5.02. The normalized spacial score (nSPS) is 12.3. The molecule has 0 radical (unpaired) electrons. The van der Waals surface area contributed by atoms with E-state index in [0.29, 0.717) is 11.1 Å². The third kappa shape index (κ3) is 5.65. The van der Waals surface area contributed by atoms with E-state index in [1.165, 1.54) is 12.1 Å². The van der Waals surface area contributed by atoms with Crippen LogP contribution >= 0.6 is 15.9 Å². The zero-order valence-corrected chi connectivity index (χ0v) is 16.3. The summed E-state index contributed by atoms with van der Waals surface area (Å²) in [5.41, 5.74) is 1.16. The first kappa shape index (κ1) is 20.1. The number of hydrogen-bond acceptors (Lipinski definition) is 4. The fraction of sp³-hybridized carbons (Fsp3) is 0.176. The molecule has 26 heavy (non-hydrogen) atoms. The summed E-state index contributed by atoms with van der Waals surface area (Å²) >= 11 is 3.29. The number of benzene rings is 2. The minimum absolute atomic E-state index is 0.00251. The van der Waals surface area contributed by atoms with E-state index in [-0.39, 0.29) is 23.3 Å². The molecule has 0 fully saturated rings. The van der Waals surface area contributed by atoms with Crippen molar-refractivity contribution in [3.8, 4) is 0 Å². The second-order valence-corrected chi connectivity index (χ2v) is 8.09. The number of primary sulfonamides is 1. The Balaban J connectivity index is 1.88. The fourth-order valence-electron chi connectivity index (χ4n) is 2.09. The summed E-state index contributed by atoms with van der Waals surface area (Å²) in [6, 6.07) is 11.9. The van der Waals surface area contributed by atoms with Gasteiger partial charge in [-0.05, 0) is 48.9 Å². The average molecular weight is 440 g/mol. The molecule has 7 nitrogen and oxygen atoms in total. The van der Waals surface area contributed by atoms with Gasteiger partial charge in [0.05, 0.1) is 4.90 Å². The van der Waals surface area contributed by atoms with Crippen LogP contribution in [-0.4, -0.2) is 26.3 Å². The van der Waals surface area contributed by atoms with Crippen molar-refractivity contribution in [1.29, 1.82) is 0 Å². The predicted molar refractivity (Wildman–Crippen MR) is 101 cm³/mol. The van der Waals surface area contributed by atoms with E-state index in [1.54, 1.807) is 43.3 Å². The Labute approximate surface area is 160 Å². The van der Waals surface area contributed by atoms with Crippen LogP contribution in [0.3, 0.4) is 0 Å². The highest BCUT2D eigenvalue weighted by atomic mass is 79.9. The van der Waals surface area contributed by atoms with Crippen molar-refractivity contribution in [1.82, 2.24) is 10.6 Å². The number of hydrogen-bond donors (Lipinski definition) is 3. The number of nitrogens with one attached hydrogen (secondary N) is 2. The Hall–Kier alpha value is -2.23. The number of carbonyl (C=O) groups is 2. The SMILES string of the molecule is CC(NC(=O)c1ccc(Br)cc1)C(=O)NCc1ccc(S(N)(=O)=O)cc1. The highest BCUT2D eigenvalue weighted by Crippen LogP contribution is 2.11. The second kappa shape index (κ2) is 8.43. The summed E-state index contributed by atoms with van der Waals surface area (Å²) in [7, 11) is -3.74. The lowest BCUT2D eigenvalue weighted by atomic mass is 10.2. The molecule has 0 aromatic heterocycles. The summed E-state index contributed by atoms with van der Waals surface area (Å²) in [4.78, 5) is 24.2. The van der Waals surface area contributed by atoms with E-state index in [9.17, 15) is 18.0 Å². The standard InChI is InChI=1S/C17H18BrN3O4S/c1-11(21-17(23)13-4-6-14(18)7-5-13)16(22)20-10-12-2-8-15(9-3-12)26(19,24)25/h2-9,11H,10H2,1H3,(H,20,22)(H,21,23)(H2,19,24,25). The van der Waals surface area contributed by atoms with Gasteiger partial charge in [0.15, 0.2) is 0 Å². The molecule has 0 saturated heterocycles. The Morgan fingerprint density at radius 1 is 1.08 bits per heavy atom. The molecule has 4 N–H and O–H groups in total. The van der Waals surface area contributed by atoms with E-state index in [1.807, 2.05) is 0 Å². The van der Waals surface area contributed by atoms with Crippen LogP contribution in [0.1, 0.15) is 22.8 Å². The van der Waals surface area contributed by atoms with Crippen molar-refractivity contribution in [3.63, 3.8) is 0 Å². The maximum Gasteiger partial charge on any atom is 0.251 e. The molecule has 0 aliphatic rings. The molecule has 2 aromatic carbocycles. The van der Waals surface area contributed by atoms with Gasteiger partial charge in [0, 0.05) is 16.6 Å². The van der Waals surface area contributed by atoms with Crippen LogP contribution in [0, 0.1) is 0 Å². The fourth-order valence-corrected chi connectivity index (χ4v) is 2.87. The summed E-state index contributed by atoms with van der Waals surface area (Å²) in [5.74, 6) is -0.705. The van der Waals surface area contributed by atoms with Crippen LogP contribution < -0.4 is 15.8 Å². The van der Waals surface area contributed by atoms with Gasteiger partial charge in [-0.15, -0.1) is 0 Å². The van der Waals surface area contributed by atoms with E-state index in [0.717, 1.165) is 4.47 Å². The lowest BCUT2D eigenvalue weighted by molar-refractivity contribution is -0.122. The van der Waals surface area contributed by atoms with Gasteiger partial charge in [-0.3, -0.25) is 9.59 Å². The van der Waals surface area contributed by atoms with Gasteiger partial charge in [-0.1, -0.05) is 28.1 Å². The Morgan fingerprint density at radius 2 is 1.65 bits per heavy atom. The zero-order chi connectivity index (χ0) is 19.3. The molecule has 0 heterocycles.